The van der Waals surface area contributed by atoms with Crippen LogP contribution in [0.15, 0.2) is 17.0 Å². The maximum Gasteiger partial charge on any atom is 1.00 e. The molecule has 1 aromatic rings. The van der Waals surface area contributed by atoms with E-state index in [2.05, 4.69) is 10.6 Å². The van der Waals surface area contributed by atoms with Gasteiger partial charge in [-0.05, 0) is 24.6 Å². The number of carboxylic acids is 1. The van der Waals surface area contributed by atoms with Gasteiger partial charge in [0, 0.05) is 17.3 Å². The van der Waals surface area contributed by atoms with E-state index in [-0.39, 0.29) is 69.8 Å². The number of amides is 2. The smallest absolute Gasteiger partial charge is 0.744 e. The first-order valence-electron chi connectivity index (χ1n) is 5.79. The number of nitrogens with two attached hydrogens (primary N) is 1. The van der Waals surface area contributed by atoms with Crippen LogP contribution in [0.1, 0.15) is 5.56 Å². The summed E-state index contributed by atoms with van der Waals surface area (Å²) in [5.74, 6) is -1.54. The molecule has 0 aliphatic carbocycles. The number of carbonyl (C=O) groups excluding carboxylic acids is 2. The zero-order chi connectivity index (χ0) is 17.1. The van der Waals surface area contributed by atoms with Gasteiger partial charge in [-0.15, -0.1) is 0 Å². The quantitative estimate of drug-likeness (QED) is 0.329. The number of halogens is 1. The normalized spacial score (nSPS) is 11.5. The Morgan fingerprint density at radius 2 is 1.88 bits per heavy atom. The molecule has 122 valence electrons. The van der Waals surface area contributed by atoms with Crippen molar-refractivity contribution >= 4 is 39.4 Å². The Hall–Kier alpha value is 0.120. The molecule has 24 heavy (non-hydrogen) atoms. The van der Waals surface area contributed by atoms with Crippen LogP contribution in [0.3, 0.4) is 0 Å². The molecule has 0 aromatic heterocycles. The van der Waals surface area contributed by atoms with E-state index < -0.39 is 39.6 Å². The Labute approximate surface area is 188 Å². The molecule has 0 spiro atoms. The average molecular weight is 396 g/mol. The fourth-order valence-electron chi connectivity index (χ4n) is 1.38. The molecule has 0 unspecified atom stereocenters. The molecule has 0 fully saturated rings. The standard InChI is InChI=1S/C11H14ClN3O6S.2Na/c1-5-7(12)2-6(22(19,20)21)3-9(5)15-11(18)14-4-8(13)10(16)17;;/h2-3,8H,4,13H2,1H3,(H,16,17)(H2,14,15,18)(H,19,20,21);;/q;2*+1/p-2/t8-;;/m0../s1. The Bertz CT molecular complexity index is 716. The molecule has 13 heteroatoms. The molecule has 2 amide bonds. The van der Waals surface area contributed by atoms with E-state index in [0.717, 1.165) is 12.1 Å². The molecule has 0 saturated heterocycles. The van der Waals surface area contributed by atoms with Gasteiger partial charge in [-0.3, -0.25) is 0 Å². The largest absolute Gasteiger partial charge is 1.00 e. The number of nitrogens with one attached hydrogen (secondary N) is 2. The average Bonchev–Trinajstić information content (AvgIpc) is 2.39. The summed E-state index contributed by atoms with van der Waals surface area (Å²) < 4.78 is 33.0. The summed E-state index contributed by atoms with van der Waals surface area (Å²) >= 11 is 5.80. The van der Waals surface area contributed by atoms with Crippen molar-refractivity contribution in [1.29, 1.82) is 0 Å². The Balaban J connectivity index is 0. The summed E-state index contributed by atoms with van der Waals surface area (Å²) in [4.78, 5) is 21.4. The second kappa shape index (κ2) is 11.0. The van der Waals surface area contributed by atoms with E-state index in [4.69, 9.17) is 17.3 Å². The number of rotatable bonds is 5. The zero-order valence-corrected chi connectivity index (χ0v) is 18.8. The van der Waals surface area contributed by atoms with Gasteiger partial charge in [0.25, 0.3) is 0 Å². The third-order valence-corrected chi connectivity index (χ3v) is 3.85. The van der Waals surface area contributed by atoms with Crippen molar-refractivity contribution in [3.63, 3.8) is 0 Å². The van der Waals surface area contributed by atoms with Gasteiger partial charge < -0.3 is 30.8 Å². The summed E-state index contributed by atoms with van der Waals surface area (Å²) in [6.45, 7) is 1.09. The molecule has 0 radical (unpaired) electrons. The first-order chi connectivity index (χ1) is 10.0. The predicted molar refractivity (Wildman–Crippen MR) is 74.2 cm³/mol. The van der Waals surface area contributed by atoms with E-state index in [9.17, 15) is 27.7 Å². The molecule has 0 bridgehead atoms. The minimum Gasteiger partial charge on any atom is -0.744 e. The van der Waals surface area contributed by atoms with Gasteiger partial charge in [-0.1, -0.05) is 11.6 Å². The number of carbonyl (C=O) groups is 2. The number of urea groups is 1. The Kier molecular flexibility index (Phi) is 12.0. The fraction of sp³-hybridized carbons (Fsp3) is 0.273. The monoisotopic (exact) mass is 395 g/mol. The van der Waals surface area contributed by atoms with Crippen LogP contribution >= 0.6 is 11.6 Å². The Morgan fingerprint density at radius 1 is 1.33 bits per heavy atom. The Morgan fingerprint density at radius 3 is 2.33 bits per heavy atom. The third-order valence-electron chi connectivity index (χ3n) is 2.64. The van der Waals surface area contributed by atoms with Gasteiger partial charge in [0.05, 0.1) is 16.9 Å². The molecule has 0 aliphatic rings. The number of benzene rings is 1. The number of aliphatic carboxylic acids is 1. The summed E-state index contributed by atoms with van der Waals surface area (Å²) in [7, 11) is -4.75. The van der Waals surface area contributed by atoms with Crippen molar-refractivity contribution in [2.24, 2.45) is 5.73 Å². The zero-order valence-electron chi connectivity index (χ0n) is 13.3. The van der Waals surface area contributed by atoms with Crippen LogP contribution in [0.4, 0.5) is 10.5 Å². The van der Waals surface area contributed by atoms with Crippen LogP contribution in [0.5, 0.6) is 0 Å². The van der Waals surface area contributed by atoms with Crippen molar-refractivity contribution in [3.05, 3.63) is 22.7 Å². The van der Waals surface area contributed by atoms with E-state index in [1.807, 2.05) is 0 Å². The van der Waals surface area contributed by atoms with Crippen molar-refractivity contribution in [2.75, 3.05) is 11.9 Å². The van der Waals surface area contributed by atoms with Crippen molar-refractivity contribution < 1.29 is 86.8 Å². The van der Waals surface area contributed by atoms with Crippen LogP contribution in [0, 0.1) is 6.92 Å². The summed E-state index contributed by atoms with van der Waals surface area (Å²) in [6.07, 6.45) is 0. The van der Waals surface area contributed by atoms with Crippen LogP contribution in [0.25, 0.3) is 0 Å². The van der Waals surface area contributed by atoms with Crippen LogP contribution < -0.4 is 80.6 Å². The van der Waals surface area contributed by atoms with Crippen molar-refractivity contribution in [3.8, 4) is 0 Å². The SMILES string of the molecule is Cc1c(Cl)cc(S(=O)(=O)[O-])cc1NC(=O)NC[C@H](N)C(=O)[O-].[Na+].[Na+]. The number of anilines is 1. The topological polar surface area (TPSA) is 164 Å². The molecule has 0 heterocycles. The van der Waals surface area contributed by atoms with Gasteiger partial charge in [0.15, 0.2) is 0 Å². The van der Waals surface area contributed by atoms with Gasteiger partial charge >= 0.3 is 65.1 Å². The molecule has 1 aromatic carbocycles. The van der Waals surface area contributed by atoms with Gasteiger partial charge in [-0.2, -0.15) is 0 Å². The molecule has 0 aliphatic heterocycles. The van der Waals surface area contributed by atoms with E-state index in [1.165, 1.54) is 6.92 Å². The molecule has 0 saturated carbocycles. The summed E-state index contributed by atoms with van der Waals surface area (Å²) in [6, 6.07) is -0.337. The first-order valence-corrected chi connectivity index (χ1v) is 7.58. The van der Waals surface area contributed by atoms with Gasteiger partial charge in [0.2, 0.25) is 0 Å². The van der Waals surface area contributed by atoms with E-state index in [0.29, 0.717) is 5.56 Å². The van der Waals surface area contributed by atoms with Crippen molar-refractivity contribution in [2.45, 2.75) is 17.9 Å². The van der Waals surface area contributed by atoms with Crippen molar-refractivity contribution in [1.82, 2.24) is 5.32 Å². The second-order valence-corrected chi connectivity index (χ2v) is 6.08. The van der Waals surface area contributed by atoms with Crippen LogP contribution in [0.2, 0.25) is 5.02 Å². The van der Waals surface area contributed by atoms with Gasteiger partial charge in [0.1, 0.15) is 10.1 Å². The molecule has 9 nitrogen and oxygen atoms in total. The molecule has 4 N–H and O–H groups in total. The summed E-state index contributed by atoms with van der Waals surface area (Å²) in [5.41, 5.74) is 5.46. The third kappa shape index (κ3) is 8.00. The fourth-order valence-corrected chi connectivity index (χ4v) is 2.19. The molecule has 1 rings (SSSR count). The molecular weight excluding hydrogens is 384 g/mol. The number of hydrogen-bond donors (Lipinski definition) is 3. The first kappa shape index (κ1) is 26.4. The minimum atomic E-state index is -4.75. The number of carboxylic acid groups (broad SMARTS) is 1. The van der Waals surface area contributed by atoms with Crippen LogP contribution in [-0.2, 0) is 14.9 Å². The maximum absolute atomic E-state index is 11.6. The van der Waals surface area contributed by atoms with Crippen LogP contribution in [-0.4, -0.2) is 37.6 Å². The summed E-state index contributed by atoms with van der Waals surface area (Å²) in [5, 5.41) is 14.8. The van der Waals surface area contributed by atoms with E-state index in [1.54, 1.807) is 0 Å². The van der Waals surface area contributed by atoms with E-state index >= 15 is 0 Å². The number of hydrogen-bond acceptors (Lipinski definition) is 7. The minimum absolute atomic E-state index is 0. The second-order valence-electron chi connectivity index (χ2n) is 4.29. The van der Waals surface area contributed by atoms with Gasteiger partial charge in [-0.25, -0.2) is 13.2 Å². The predicted octanol–water partition coefficient (Wildman–Crippen LogP) is -7.24. The maximum atomic E-state index is 11.6. The molecular formula is C11H12ClN3Na2O6S. The molecule has 1 atom stereocenters.